The molecule has 0 aliphatic carbocycles. The van der Waals surface area contributed by atoms with E-state index in [2.05, 4.69) is 25.9 Å². The van der Waals surface area contributed by atoms with Gasteiger partial charge in [0.2, 0.25) is 5.91 Å². The van der Waals surface area contributed by atoms with E-state index in [0.717, 1.165) is 27.8 Å². The summed E-state index contributed by atoms with van der Waals surface area (Å²) >= 11 is 0. The zero-order chi connectivity index (χ0) is 27.6. The quantitative estimate of drug-likeness (QED) is 0.305. The lowest BCUT2D eigenvalue weighted by Gasteiger charge is -2.40. The predicted molar refractivity (Wildman–Crippen MR) is 147 cm³/mol. The molecule has 0 unspecified atom stereocenters. The van der Waals surface area contributed by atoms with Crippen molar-refractivity contribution in [2.45, 2.75) is 25.7 Å². The summed E-state index contributed by atoms with van der Waals surface area (Å²) in [4.78, 5) is 16.9. The molecule has 0 spiro atoms. The van der Waals surface area contributed by atoms with Crippen molar-refractivity contribution in [3.63, 3.8) is 0 Å². The van der Waals surface area contributed by atoms with Gasteiger partial charge in [-0.15, -0.1) is 35.8 Å². The number of rotatable bonds is 5. The van der Waals surface area contributed by atoms with E-state index in [9.17, 15) is 18.0 Å². The van der Waals surface area contributed by atoms with Crippen LogP contribution in [0.3, 0.4) is 0 Å². The number of hydrogen-bond acceptors (Lipinski definition) is 6. The normalized spacial score (nSPS) is 15.3. The van der Waals surface area contributed by atoms with Crippen molar-refractivity contribution in [3.05, 3.63) is 83.9 Å². The number of hydrogen-bond donors (Lipinski definition) is 0. The molecule has 3 aromatic carbocycles. The Morgan fingerprint density at radius 1 is 1.00 bits per heavy atom. The Kier molecular flexibility index (Phi) is 8.45. The number of anilines is 1. The molecule has 0 bridgehead atoms. The Morgan fingerprint density at radius 2 is 1.68 bits per heavy atom. The minimum absolute atomic E-state index is 0. The molecule has 1 saturated heterocycles. The Balaban J connectivity index is 0.00000370. The molecule has 1 aliphatic heterocycles. The van der Waals surface area contributed by atoms with Crippen LogP contribution < -0.4 is 9.64 Å². The van der Waals surface area contributed by atoms with Gasteiger partial charge in [0.25, 0.3) is 0 Å². The fraction of sp³-hybridized carbons (Fsp3) is 0.241. The van der Waals surface area contributed by atoms with Crippen LogP contribution in [0.15, 0.2) is 72.8 Å². The van der Waals surface area contributed by atoms with E-state index < -0.39 is 6.36 Å². The lowest BCUT2D eigenvalue weighted by Crippen LogP contribution is -2.54. The molecule has 0 saturated carbocycles. The number of halogens is 4. The van der Waals surface area contributed by atoms with E-state index in [1.54, 1.807) is 17.0 Å². The van der Waals surface area contributed by atoms with E-state index in [0.29, 0.717) is 30.8 Å². The monoisotopic (exact) mass is 567 g/mol. The van der Waals surface area contributed by atoms with Crippen molar-refractivity contribution < 1.29 is 22.7 Å². The number of ether oxygens (including phenoxy) is 1. The number of piperazine rings is 1. The SMILES string of the molecule is C[C@H]1CN(C(=O)Cc2ccc(OC(F)(F)F)cc2)CCN1c1nnc(-c2ccc(C#N)cc2)c2ccccc12.Cl. The summed E-state index contributed by atoms with van der Waals surface area (Å²) in [5, 5.41) is 20.1. The second-order valence-corrected chi connectivity index (χ2v) is 9.36. The molecule has 11 heteroatoms. The van der Waals surface area contributed by atoms with Gasteiger partial charge in [-0.05, 0) is 36.8 Å². The van der Waals surface area contributed by atoms with Crippen molar-refractivity contribution in [2.24, 2.45) is 0 Å². The lowest BCUT2D eigenvalue weighted by molar-refractivity contribution is -0.274. The number of amides is 1. The van der Waals surface area contributed by atoms with Gasteiger partial charge >= 0.3 is 6.36 Å². The molecular weight excluding hydrogens is 543 g/mol. The highest BCUT2D eigenvalue weighted by molar-refractivity contribution is 6.00. The third-order valence-corrected chi connectivity index (χ3v) is 6.72. The van der Waals surface area contributed by atoms with Crippen LogP contribution in [0, 0.1) is 11.3 Å². The van der Waals surface area contributed by atoms with Crippen LogP contribution in [0.4, 0.5) is 19.0 Å². The van der Waals surface area contributed by atoms with Crippen molar-refractivity contribution in [1.29, 1.82) is 5.26 Å². The zero-order valence-corrected chi connectivity index (χ0v) is 22.2. The summed E-state index contributed by atoms with van der Waals surface area (Å²) in [6.07, 6.45) is -4.67. The number of benzene rings is 3. The van der Waals surface area contributed by atoms with Crippen LogP contribution >= 0.6 is 12.4 Å². The summed E-state index contributed by atoms with van der Waals surface area (Å²) in [6.45, 7) is 3.53. The first-order valence-corrected chi connectivity index (χ1v) is 12.4. The standard InChI is InChI=1S/C29H24F3N5O2.ClH/c1-19-18-36(26(38)16-20-8-12-23(13-9-20)39-29(30,31)32)14-15-37(19)28-25-5-3-2-4-24(25)27(34-35-28)22-10-6-21(17-33)7-11-22;/h2-13,19H,14-16,18H2,1H3;1H/t19-;/m0./s1. The average Bonchev–Trinajstić information content (AvgIpc) is 2.93. The van der Waals surface area contributed by atoms with Crippen LogP contribution in [-0.4, -0.2) is 53.0 Å². The molecule has 1 atom stereocenters. The lowest BCUT2D eigenvalue weighted by atomic mass is 10.0. The van der Waals surface area contributed by atoms with E-state index in [1.807, 2.05) is 43.3 Å². The Labute approximate surface area is 235 Å². The number of fused-ring (bicyclic) bond motifs is 1. The van der Waals surface area contributed by atoms with E-state index >= 15 is 0 Å². The molecule has 2 heterocycles. The molecule has 5 rings (SSSR count). The van der Waals surface area contributed by atoms with Gasteiger partial charge in [-0.3, -0.25) is 4.79 Å². The number of carbonyl (C=O) groups excluding carboxylic acids is 1. The number of nitrogens with zero attached hydrogens (tertiary/aromatic N) is 5. The molecule has 206 valence electrons. The molecule has 7 nitrogen and oxygen atoms in total. The van der Waals surface area contributed by atoms with Crippen molar-refractivity contribution in [3.8, 4) is 23.1 Å². The number of carbonyl (C=O) groups is 1. The van der Waals surface area contributed by atoms with Gasteiger partial charge in [0.15, 0.2) is 5.82 Å². The first-order chi connectivity index (χ1) is 18.7. The number of aromatic nitrogens is 2. The van der Waals surface area contributed by atoms with E-state index in [-0.39, 0.29) is 36.5 Å². The average molecular weight is 568 g/mol. The minimum atomic E-state index is -4.76. The van der Waals surface area contributed by atoms with Crippen LogP contribution in [0.25, 0.3) is 22.0 Å². The van der Waals surface area contributed by atoms with Gasteiger partial charge in [0.1, 0.15) is 11.4 Å². The van der Waals surface area contributed by atoms with E-state index in [1.165, 1.54) is 24.3 Å². The van der Waals surface area contributed by atoms with Crippen LogP contribution in [0.1, 0.15) is 18.1 Å². The van der Waals surface area contributed by atoms with E-state index in [4.69, 9.17) is 5.26 Å². The Hall–Kier alpha value is -4.36. The number of nitriles is 1. The largest absolute Gasteiger partial charge is 0.573 e. The summed E-state index contributed by atoms with van der Waals surface area (Å²) in [6, 6.07) is 22.6. The summed E-state index contributed by atoms with van der Waals surface area (Å²) in [5.74, 6) is 0.320. The van der Waals surface area contributed by atoms with Gasteiger partial charge in [-0.25, -0.2) is 0 Å². The van der Waals surface area contributed by atoms with Gasteiger partial charge < -0.3 is 14.5 Å². The maximum absolute atomic E-state index is 13.0. The maximum Gasteiger partial charge on any atom is 0.573 e. The third kappa shape index (κ3) is 6.26. The third-order valence-electron chi connectivity index (χ3n) is 6.72. The smallest absolute Gasteiger partial charge is 0.406 e. The first-order valence-electron chi connectivity index (χ1n) is 12.4. The Morgan fingerprint density at radius 3 is 2.30 bits per heavy atom. The van der Waals surface area contributed by atoms with Crippen molar-refractivity contribution >= 4 is 34.9 Å². The molecule has 1 aliphatic rings. The highest BCUT2D eigenvalue weighted by atomic mass is 35.5. The number of alkyl halides is 3. The highest BCUT2D eigenvalue weighted by Crippen LogP contribution is 2.33. The fourth-order valence-corrected chi connectivity index (χ4v) is 4.81. The molecule has 1 aromatic heterocycles. The van der Waals surface area contributed by atoms with Crippen LogP contribution in [0.2, 0.25) is 0 Å². The van der Waals surface area contributed by atoms with Crippen LogP contribution in [0.5, 0.6) is 5.75 Å². The molecule has 40 heavy (non-hydrogen) atoms. The van der Waals surface area contributed by atoms with Crippen molar-refractivity contribution in [1.82, 2.24) is 15.1 Å². The molecule has 1 fully saturated rings. The summed E-state index contributed by atoms with van der Waals surface area (Å²) < 4.78 is 41.1. The summed E-state index contributed by atoms with van der Waals surface area (Å²) in [5.41, 5.74) is 2.78. The summed E-state index contributed by atoms with van der Waals surface area (Å²) in [7, 11) is 0. The topological polar surface area (TPSA) is 82.3 Å². The molecule has 1 amide bonds. The maximum atomic E-state index is 13.0. The fourth-order valence-electron chi connectivity index (χ4n) is 4.81. The van der Waals surface area contributed by atoms with Crippen LogP contribution in [-0.2, 0) is 11.2 Å². The molecular formula is C29H25ClF3N5O2. The second-order valence-electron chi connectivity index (χ2n) is 9.36. The predicted octanol–water partition coefficient (Wildman–Crippen LogP) is 5.77. The van der Waals surface area contributed by atoms with Gasteiger partial charge in [0.05, 0.1) is 18.1 Å². The van der Waals surface area contributed by atoms with Gasteiger partial charge in [-0.2, -0.15) is 5.26 Å². The van der Waals surface area contributed by atoms with Crippen molar-refractivity contribution in [2.75, 3.05) is 24.5 Å². The molecule has 0 N–H and O–H groups in total. The molecule has 0 radical (unpaired) electrons. The zero-order valence-electron chi connectivity index (χ0n) is 21.4. The second kappa shape index (κ2) is 11.8. The molecule has 4 aromatic rings. The van der Waals surface area contributed by atoms with Gasteiger partial charge in [0, 0.05) is 42.0 Å². The van der Waals surface area contributed by atoms with Gasteiger partial charge in [-0.1, -0.05) is 48.5 Å². The highest BCUT2D eigenvalue weighted by Gasteiger charge is 2.31. The first kappa shape index (κ1) is 28.6. The Bertz CT molecular complexity index is 1540. The minimum Gasteiger partial charge on any atom is -0.406 e.